The predicted octanol–water partition coefficient (Wildman–Crippen LogP) is 2.82. The largest absolute Gasteiger partial charge is 0.390 e. The number of hydrogen-bond acceptors (Lipinski definition) is 4. The Morgan fingerprint density at radius 2 is 2.18 bits per heavy atom. The van der Waals surface area contributed by atoms with Crippen LogP contribution >= 0.6 is 11.3 Å². The summed E-state index contributed by atoms with van der Waals surface area (Å²) in [5, 5.41) is 14.7. The van der Waals surface area contributed by atoms with Crippen LogP contribution in [0.1, 0.15) is 41.9 Å². The lowest BCUT2D eigenvalue weighted by molar-refractivity contribution is 0.0714. The van der Waals surface area contributed by atoms with Gasteiger partial charge in [-0.3, -0.25) is 4.79 Å². The Morgan fingerprint density at radius 3 is 2.86 bits per heavy atom. The summed E-state index contributed by atoms with van der Waals surface area (Å²) >= 11 is 1.56. The number of carbonyl (C=O) groups is 1. The molecule has 118 valence electrons. The van der Waals surface area contributed by atoms with Gasteiger partial charge in [0.1, 0.15) is 0 Å². The number of aliphatic hydroxyl groups is 1. The Labute approximate surface area is 135 Å². The van der Waals surface area contributed by atoms with Gasteiger partial charge >= 0.3 is 0 Å². The van der Waals surface area contributed by atoms with Crippen LogP contribution < -0.4 is 5.32 Å². The summed E-state index contributed by atoms with van der Waals surface area (Å²) in [6.07, 6.45) is 2.17. The molecule has 0 atom stereocenters. The van der Waals surface area contributed by atoms with Gasteiger partial charge in [-0.1, -0.05) is 12.1 Å². The minimum atomic E-state index is -0.689. The van der Waals surface area contributed by atoms with Crippen LogP contribution in [0.25, 0.3) is 0 Å². The van der Waals surface area contributed by atoms with E-state index in [4.69, 9.17) is 0 Å². The van der Waals surface area contributed by atoms with Gasteiger partial charge in [0.2, 0.25) is 0 Å². The van der Waals surface area contributed by atoms with Gasteiger partial charge in [0.05, 0.1) is 16.8 Å². The van der Waals surface area contributed by atoms with Crippen molar-refractivity contribution in [2.75, 3.05) is 6.54 Å². The van der Waals surface area contributed by atoms with Crippen LogP contribution in [0.2, 0.25) is 0 Å². The third-order valence-electron chi connectivity index (χ3n) is 3.36. The molecule has 2 rings (SSSR count). The zero-order valence-electron chi connectivity index (χ0n) is 13.0. The van der Waals surface area contributed by atoms with Crippen molar-refractivity contribution in [3.8, 4) is 0 Å². The standard InChI is InChI=1S/C17H22N2O2S/c1-17(2,21)8-6-13-4-3-5-14(10-13)16(20)18-9-7-15-11-22-12-19-15/h3-5,10-12,21H,6-9H2,1-2H3,(H,18,20). The lowest BCUT2D eigenvalue weighted by atomic mass is 9.98. The Hall–Kier alpha value is -1.72. The van der Waals surface area contributed by atoms with Gasteiger partial charge in [-0.05, 0) is 44.4 Å². The number of hydrogen-bond donors (Lipinski definition) is 2. The molecule has 1 heterocycles. The first kappa shape index (κ1) is 16.6. The molecule has 1 aromatic heterocycles. The molecule has 2 N–H and O–H groups in total. The van der Waals surface area contributed by atoms with Crippen molar-refractivity contribution in [1.29, 1.82) is 0 Å². The minimum absolute atomic E-state index is 0.0691. The van der Waals surface area contributed by atoms with Gasteiger partial charge < -0.3 is 10.4 Å². The summed E-state index contributed by atoms with van der Waals surface area (Å²) in [5.74, 6) is -0.0691. The van der Waals surface area contributed by atoms with Crippen LogP contribution in [-0.4, -0.2) is 28.1 Å². The number of nitrogens with one attached hydrogen (secondary N) is 1. The molecule has 0 aliphatic rings. The summed E-state index contributed by atoms with van der Waals surface area (Å²) in [5.41, 5.74) is 3.83. The van der Waals surface area contributed by atoms with Crippen LogP contribution in [0.15, 0.2) is 35.2 Å². The van der Waals surface area contributed by atoms with E-state index in [1.165, 1.54) is 0 Å². The quantitative estimate of drug-likeness (QED) is 0.825. The van der Waals surface area contributed by atoms with Crippen LogP contribution in [0.5, 0.6) is 0 Å². The van der Waals surface area contributed by atoms with Crippen molar-refractivity contribution in [2.45, 2.75) is 38.7 Å². The number of benzene rings is 1. The van der Waals surface area contributed by atoms with E-state index >= 15 is 0 Å². The van der Waals surface area contributed by atoms with E-state index < -0.39 is 5.60 Å². The molecule has 0 aliphatic heterocycles. The smallest absolute Gasteiger partial charge is 0.251 e. The molecule has 1 aromatic carbocycles. The zero-order valence-corrected chi connectivity index (χ0v) is 13.8. The summed E-state index contributed by atoms with van der Waals surface area (Å²) in [4.78, 5) is 16.3. The highest BCUT2D eigenvalue weighted by molar-refractivity contribution is 7.07. The van der Waals surface area contributed by atoms with Gasteiger partial charge in [-0.25, -0.2) is 4.98 Å². The van der Waals surface area contributed by atoms with E-state index in [1.807, 2.05) is 29.6 Å². The van der Waals surface area contributed by atoms with Crippen molar-refractivity contribution < 1.29 is 9.90 Å². The molecule has 0 saturated heterocycles. The number of carbonyl (C=O) groups excluding carboxylic acids is 1. The third-order valence-corrected chi connectivity index (χ3v) is 4.00. The maximum Gasteiger partial charge on any atom is 0.251 e. The molecule has 2 aromatic rings. The topological polar surface area (TPSA) is 62.2 Å². The van der Waals surface area contributed by atoms with Crippen LogP contribution in [0.4, 0.5) is 0 Å². The summed E-state index contributed by atoms with van der Waals surface area (Å²) in [6, 6.07) is 7.57. The molecule has 1 amide bonds. The second kappa shape index (κ2) is 7.51. The molecule has 0 radical (unpaired) electrons. The minimum Gasteiger partial charge on any atom is -0.390 e. The highest BCUT2D eigenvalue weighted by atomic mass is 32.1. The predicted molar refractivity (Wildman–Crippen MR) is 89.2 cm³/mol. The molecule has 0 bridgehead atoms. The Morgan fingerprint density at radius 1 is 1.36 bits per heavy atom. The third kappa shape index (κ3) is 5.58. The number of nitrogens with zero attached hydrogens (tertiary/aromatic N) is 1. The maximum absolute atomic E-state index is 12.1. The molecule has 22 heavy (non-hydrogen) atoms. The second-order valence-corrected chi connectivity index (χ2v) is 6.72. The number of aryl methyl sites for hydroxylation is 1. The van der Waals surface area contributed by atoms with Crippen LogP contribution in [0, 0.1) is 0 Å². The fraction of sp³-hybridized carbons (Fsp3) is 0.412. The van der Waals surface area contributed by atoms with E-state index in [2.05, 4.69) is 10.3 Å². The van der Waals surface area contributed by atoms with E-state index in [0.717, 1.165) is 24.1 Å². The average molecular weight is 318 g/mol. The fourth-order valence-corrected chi connectivity index (χ4v) is 2.68. The first-order valence-electron chi connectivity index (χ1n) is 7.41. The molecule has 0 saturated carbocycles. The van der Waals surface area contributed by atoms with Gasteiger partial charge in [0.15, 0.2) is 0 Å². The second-order valence-electron chi connectivity index (χ2n) is 6.00. The van der Waals surface area contributed by atoms with Gasteiger partial charge in [0, 0.05) is 23.9 Å². The Kier molecular flexibility index (Phi) is 5.69. The fourth-order valence-electron chi connectivity index (χ4n) is 2.09. The summed E-state index contributed by atoms with van der Waals surface area (Å²) in [7, 11) is 0. The SMILES string of the molecule is CC(C)(O)CCc1cccc(C(=O)NCCc2cscn2)c1. The molecule has 0 fully saturated rings. The highest BCUT2D eigenvalue weighted by Gasteiger charge is 2.13. The Bertz CT molecular complexity index is 603. The first-order valence-corrected chi connectivity index (χ1v) is 8.35. The first-order chi connectivity index (χ1) is 10.4. The monoisotopic (exact) mass is 318 g/mol. The summed E-state index contributed by atoms with van der Waals surface area (Å²) < 4.78 is 0. The molecule has 4 nitrogen and oxygen atoms in total. The van der Waals surface area contributed by atoms with Crippen LogP contribution in [0.3, 0.4) is 0 Å². The van der Waals surface area contributed by atoms with Gasteiger partial charge in [-0.15, -0.1) is 11.3 Å². The normalized spacial score (nSPS) is 11.4. The Balaban J connectivity index is 1.86. The van der Waals surface area contributed by atoms with E-state index in [0.29, 0.717) is 18.5 Å². The average Bonchev–Trinajstić information content (AvgIpc) is 2.98. The molecular weight excluding hydrogens is 296 g/mol. The van der Waals surface area contributed by atoms with E-state index in [9.17, 15) is 9.90 Å². The van der Waals surface area contributed by atoms with Crippen molar-refractivity contribution in [3.63, 3.8) is 0 Å². The highest BCUT2D eigenvalue weighted by Crippen LogP contribution is 2.14. The van der Waals surface area contributed by atoms with Crippen molar-refractivity contribution in [1.82, 2.24) is 10.3 Å². The number of amides is 1. The summed E-state index contributed by atoms with van der Waals surface area (Å²) in [6.45, 7) is 4.17. The lowest BCUT2D eigenvalue weighted by Crippen LogP contribution is -2.26. The number of thiazole rings is 1. The number of aromatic nitrogens is 1. The van der Waals surface area contributed by atoms with Gasteiger partial charge in [-0.2, -0.15) is 0 Å². The van der Waals surface area contributed by atoms with Crippen molar-refractivity contribution >= 4 is 17.2 Å². The van der Waals surface area contributed by atoms with Crippen molar-refractivity contribution in [2.24, 2.45) is 0 Å². The van der Waals surface area contributed by atoms with E-state index in [-0.39, 0.29) is 5.91 Å². The molecule has 0 spiro atoms. The lowest BCUT2D eigenvalue weighted by Gasteiger charge is -2.16. The molecule has 5 heteroatoms. The molecular formula is C17H22N2O2S. The van der Waals surface area contributed by atoms with Crippen LogP contribution in [-0.2, 0) is 12.8 Å². The zero-order chi connectivity index (χ0) is 16.0. The molecule has 0 unspecified atom stereocenters. The van der Waals surface area contributed by atoms with Gasteiger partial charge in [0.25, 0.3) is 5.91 Å². The number of rotatable bonds is 7. The maximum atomic E-state index is 12.1. The molecule has 0 aliphatic carbocycles. The van der Waals surface area contributed by atoms with E-state index in [1.54, 1.807) is 30.7 Å². The van der Waals surface area contributed by atoms with Crippen molar-refractivity contribution in [3.05, 3.63) is 52.0 Å².